The van der Waals surface area contributed by atoms with E-state index in [1.54, 1.807) is 12.1 Å². The van der Waals surface area contributed by atoms with Crippen molar-refractivity contribution < 1.29 is 5.11 Å². The fourth-order valence-corrected chi connectivity index (χ4v) is 3.94. The van der Waals surface area contributed by atoms with Gasteiger partial charge in [-0.1, -0.05) is 17.7 Å². The third-order valence-corrected chi connectivity index (χ3v) is 5.61. The standard InChI is InChI=1S/C21H25N5OS/c1-16-3-5-19(6-4-16)26-17(2)22-25(21(26)28)15-23-11-13-24(14-12-23)18-7-9-20(27)10-8-18/h3-10,27H,11-15H2,1-2H3. The lowest BCUT2D eigenvalue weighted by atomic mass is 10.2. The molecule has 28 heavy (non-hydrogen) atoms. The largest absolute Gasteiger partial charge is 0.508 e. The van der Waals surface area contributed by atoms with Crippen molar-refractivity contribution in [2.75, 3.05) is 31.1 Å². The Balaban J connectivity index is 1.44. The molecule has 4 rings (SSSR count). The predicted molar refractivity (Wildman–Crippen MR) is 114 cm³/mol. The van der Waals surface area contributed by atoms with Crippen molar-refractivity contribution in [2.45, 2.75) is 20.5 Å². The third kappa shape index (κ3) is 3.81. The van der Waals surface area contributed by atoms with Crippen molar-refractivity contribution in [3.05, 3.63) is 64.7 Å². The first-order valence-corrected chi connectivity index (χ1v) is 9.92. The van der Waals surface area contributed by atoms with E-state index in [2.05, 4.69) is 46.1 Å². The van der Waals surface area contributed by atoms with E-state index in [1.807, 2.05) is 28.3 Å². The number of nitrogens with zero attached hydrogens (tertiary/aromatic N) is 5. The highest BCUT2D eigenvalue weighted by Crippen LogP contribution is 2.20. The van der Waals surface area contributed by atoms with Crippen LogP contribution in [0.3, 0.4) is 0 Å². The lowest BCUT2D eigenvalue weighted by Crippen LogP contribution is -2.47. The number of anilines is 1. The fourth-order valence-electron chi connectivity index (χ4n) is 3.60. The van der Waals surface area contributed by atoms with Gasteiger partial charge < -0.3 is 10.0 Å². The van der Waals surface area contributed by atoms with Gasteiger partial charge >= 0.3 is 0 Å². The Hall–Kier alpha value is -2.64. The van der Waals surface area contributed by atoms with Crippen LogP contribution in [-0.4, -0.2) is 50.5 Å². The summed E-state index contributed by atoms with van der Waals surface area (Å²) in [5.74, 6) is 1.20. The van der Waals surface area contributed by atoms with Gasteiger partial charge in [-0.2, -0.15) is 5.10 Å². The number of hydrogen-bond donors (Lipinski definition) is 1. The van der Waals surface area contributed by atoms with E-state index in [1.165, 1.54) is 5.56 Å². The molecule has 1 fully saturated rings. The van der Waals surface area contributed by atoms with Crippen molar-refractivity contribution in [1.82, 2.24) is 19.2 Å². The molecule has 1 aromatic heterocycles. The van der Waals surface area contributed by atoms with Gasteiger partial charge in [-0.05, 0) is 62.5 Å². The Morgan fingerprint density at radius 2 is 1.50 bits per heavy atom. The molecule has 1 N–H and O–H groups in total. The molecule has 1 saturated heterocycles. The molecule has 0 saturated carbocycles. The normalized spacial score (nSPS) is 15.1. The average Bonchev–Trinajstić information content (AvgIpc) is 2.97. The van der Waals surface area contributed by atoms with Crippen molar-refractivity contribution >= 4 is 17.9 Å². The number of piperazine rings is 1. The lowest BCUT2D eigenvalue weighted by molar-refractivity contribution is 0.194. The molecule has 2 heterocycles. The Morgan fingerprint density at radius 1 is 0.893 bits per heavy atom. The van der Waals surface area contributed by atoms with E-state index >= 15 is 0 Å². The molecule has 0 spiro atoms. The number of rotatable bonds is 4. The first-order valence-electron chi connectivity index (χ1n) is 9.51. The first kappa shape index (κ1) is 18.7. The number of benzene rings is 2. The smallest absolute Gasteiger partial charge is 0.203 e. The second kappa shape index (κ2) is 7.77. The maximum Gasteiger partial charge on any atom is 0.203 e. The van der Waals surface area contributed by atoms with Crippen LogP contribution in [0.1, 0.15) is 11.4 Å². The molecule has 6 nitrogen and oxygen atoms in total. The maximum absolute atomic E-state index is 9.46. The minimum atomic E-state index is 0.302. The molecule has 0 aliphatic carbocycles. The van der Waals surface area contributed by atoms with E-state index in [0.29, 0.717) is 12.4 Å². The number of aromatic hydroxyl groups is 1. The molecule has 0 atom stereocenters. The van der Waals surface area contributed by atoms with Crippen LogP contribution in [0.5, 0.6) is 5.75 Å². The van der Waals surface area contributed by atoms with Crippen LogP contribution in [0.4, 0.5) is 5.69 Å². The van der Waals surface area contributed by atoms with Gasteiger partial charge in [-0.3, -0.25) is 9.47 Å². The third-order valence-electron chi connectivity index (χ3n) is 5.21. The summed E-state index contributed by atoms with van der Waals surface area (Å²) in [5, 5.41) is 14.1. The molecule has 0 bridgehead atoms. The monoisotopic (exact) mass is 395 g/mol. The fraction of sp³-hybridized carbons (Fsp3) is 0.333. The zero-order chi connectivity index (χ0) is 19.7. The predicted octanol–water partition coefficient (Wildman–Crippen LogP) is 3.51. The van der Waals surface area contributed by atoms with Crippen LogP contribution in [0.2, 0.25) is 0 Å². The zero-order valence-electron chi connectivity index (χ0n) is 16.2. The van der Waals surface area contributed by atoms with Crippen molar-refractivity contribution in [1.29, 1.82) is 0 Å². The van der Waals surface area contributed by atoms with Gasteiger partial charge in [0.05, 0.1) is 6.67 Å². The average molecular weight is 396 g/mol. The molecule has 0 unspecified atom stereocenters. The van der Waals surface area contributed by atoms with Crippen LogP contribution in [0.25, 0.3) is 5.69 Å². The maximum atomic E-state index is 9.46. The second-order valence-corrected chi connectivity index (χ2v) is 7.63. The van der Waals surface area contributed by atoms with Crippen molar-refractivity contribution in [2.24, 2.45) is 0 Å². The quantitative estimate of drug-likeness (QED) is 0.685. The summed E-state index contributed by atoms with van der Waals surface area (Å²) in [6.07, 6.45) is 0. The number of phenols is 1. The number of hydrogen-bond acceptors (Lipinski definition) is 5. The Kier molecular flexibility index (Phi) is 5.19. The molecule has 1 aliphatic rings. The van der Waals surface area contributed by atoms with Gasteiger partial charge in [-0.25, -0.2) is 4.68 Å². The van der Waals surface area contributed by atoms with Crippen molar-refractivity contribution in [3.8, 4) is 11.4 Å². The molecule has 0 amide bonds. The molecule has 0 radical (unpaired) electrons. The summed E-state index contributed by atoms with van der Waals surface area (Å²) >= 11 is 5.71. The van der Waals surface area contributed by atoms with Gasteiger partial charge in [0.2, 0.25) is 4.77 Å². The molecule has 7 heteroatoms. The molecular weight excluding hydrogens is 370 g/mol. The highest BCUT2D eigenvalue weighted by atomic mass is 32.1. The lowest BCUT2D eigenvalue weighted by Gasteiger charge is -2.35. The van der Waals surface area contributed by atoms with Gasteiger partial charge in [0.25, 0.3) is 0 Å². The van der Waals surface area contributed by atoms with Crippen LogP contribution >= 0.6 is 12.2 Å². The Labute approximate surface area is 170 Å². The van der Waals surface area contributed by atoms with Gasteiger partial charge in [0.1, 0.15) is 11.6 Å². The molecule has 2 aromatic carbocycles. The topological polar surface area (TPSA) is 49.5 Å². The molecule has 3 aromatic rings. The molecule has 1 aliphatic heterocycles. The highest BCUT2D eigenvalue weighted by Gasteiger charge is 2.19. The minimum Gasteiger partial charge on any atom is -0.508 e. The number of aryl methyl sites for hydroxylation is 2. The van der Waals surface area contributed by atoms with Crippen molar-refractivity contribution in [3.63, 3.8) is 0 Å². The Bertz CT molecular complexity index is 999. The van der Waals surface area contributed by atoms with E-state index in [-0.39, 0.29) is 0 Å². The van der Waals surface area contributed by atoms with Crippen LogP contribution < -0.4 is 4.90 Å². The summed E-state index contributed by atoms with van der Waals surface area (Å²) < 4.78 is 4.67. The zero-order valence-corrected chi connectivity index (χ0v) is 17.1. The van der Waals surface area contributed by atoms with Gasteiger partial charge in [0.15, 0.2) is 0 Å². The van der Waals surface area contributed by atoms with Gasteiger partial charge in [0, 0.05) is 37.6 Å². The van der Waals surface area contributed by atoms with E-state index < -0.39 is 0 Å². The Morgan fingerprint density at radius 3 is 2.14 bits per heavy atom. The van der Waals surface area contributed by atoms with E-state index in [9.17, 15) is 5.11 Å². The highest BCUT2D eigenvalue weighted by molar-refractivity contribution is 7.71. The summed E-state index contributed by atoms with van der Waals surface area (Å²) in [6.45, 7) is 8.54. The number of aromatic nitrogens is 3. The summed E-state index contributed by atoms with van der Waals surface area (Å²) in [6, 6.07) is 15.8. The summed E-state index contributed by atoms with van der Waals surface area (Å²) in [5.41, 5.74) is 3.43. The van der Waals surface area contributed by atoms with E-state index in [4.69, 9.17) is 12.2 Å². The van der Waals surface area contributed by atoms with Crippen LogP contribution in [-0.2, 0) is 6.67 Å². The van der Waals surface area contributed by atoms with Crippen LogP contribution in [0, 0.1) is 18.6 Å². The second-order valence-electron chi connectivity index (χ2n) is 7.26. The van der Waals surface area contributed by atoms with Gasteiger partial charge in [-0.15, -0.1) is 0 Å². The molecule has 146 valence electrons. The first-order chi connectivity index (χ1) is 13.5. The summed E-state index contributed by atoms with van der Waals surface area (Å²) in [7, 11) is 0. The minimum absolute atomic E-state index is 0.302. The van der Waals surface area contributed by atoms with Crippen LogP contribution in [0.15, 0.2) is 48.5 Å². The van der Waals surface area contributed by atoms with E-state index in [0.717, 1.165) is 48.1 Å². The summed E-state index contributed by atoms with van der Waals surface area (Å²) in [4.78, 5) is 4.71. The SMILES string of the molecule is Cc1ccc(-n2c(C)nn(CN3CCN(c4ccc(O)cc4)CC3)c2=S)cc1. The number of phenolic OH excluding ortho intramolecular Hbond substituents is 1. The molecular formula is C21H25N5OS.